The Kier molecular flexibility index (Phi) is 8.05. The monoisotopic (exact) mass is 514 g/mol. The lowest BCUT2D eigenvalue weighted by Crippen LogP contribution is -2.49. The van der Waals surface area contributed by atoms with Gasteiger partial charge >= 0.3 is 0 Å². The molecule has 1 saturated heterocycles. The summed E-state index contributed by atoms with van der Waals surface area (Å²) in [4.78, 5) is 17.7. The Morgan fingerprint density at radius 3 is 2.41 bits per heavy atom. The van der Waals surface area contributed by atoms with E-state index in [9.17, 15) is 4.79 Å². The summed E-state index contributed by atoms with van der Waals surface area (Å²) >= 11 is 6.14. The molecule has 0 bridgehead atoms. The van der Waals surface area contributed by atoms with Crippen LogP contribution in [0.2, 0.25) is 5.02 Å². The molecule has 0 spiro atoms. The summed E-state index contributed by atoms with van der Waals surface area (Å²) < 4.78 is 11.8. The summed E-state index contributed by atoms with van der Waals surface area (Å²) in [6.45, 7) is 4.18. The number of hydrogen-bond donors (Lipinski definition) is 0. The summed E-state index contributed by atoms with van der Waals surface area (Å²) in [7, 11) is 1.67. The number of fused-ring (bicyclic) bond motifs is 1. The zero-order valence-electron chi connectivity index (χ0n) is 21.0. The van der Waals surface area contributed by atoms with Gasteiger partial charge in [0.15, 0.2) is 0 Å². The number of rotatable bonds is 8. The Hall–Kier alpha value is -3.38. The SMILES string of the molecule is COc1cccc(COC(CN2CCN(C(=O)c3cccc4ccccc34)CC2)c2ccc(Cl)cc2)c1. The molecule has 0 aliphatic carbocycles. The van der Waals surface area contributed by atoms with Gasteiger partial charge in [-0.3, -0.25) is 9.69 Å². The van der Waals surface area contributed by atoms with Crippen LogP contribution in [0.5, 0.6) is 5.75 Å². The van der Waals surface area contributed by atoms with Gasteiger partial charge in [0.05, 0.1) is 19.8 Å². The first-order valence-electron chi connectivity index (χ1n) is 12.6. The van der Waals surface area contributed by atoms with E-state index in [4.69, 9.17) is 21.1 Å². The van der Waals surface area contributed by atoms with Crippen molar-refractivity contribution in [3.63, 3.8) is 0 Å². The minimum absolute atomic E-state index is 0.0972. The van der Waals surface area contributed by atoms with Crippen molar-refractivity contribution in [2.24, 2.45) is 0 Å². The maximum atomic E-state index is 13.4. The van der Waals surface area contributed by atoms with Gasteiger partial charge in [0.1, 0.15) is 5.75 Å². The second kappa shape index (κ2) is 11.8. The van der Waals surface area contributed by atoms with E-state index >= 15 is 0 Å². The average Bonchev–Trinajstić information content (AvgIpc) is 2.95. The third-order valence-electron chi connectivity index (χ3n) is 6.93. The molecule has 0 aromatic heterocycles. The van der Waals surface area contributed by atoms with Gasteiger partial charge in [0.2, 0.25) is 0 Å². The molecular weight excluding hydrogens is 484 g/mol. The van der Waals surface area contributed by atoms with Gasteiger partial charge < -0.3 is 14.4 Å². The summed E-state index contributed by atoms with van der Waals surface area (Å²) in [5.74, 6) is 0.913. The summed E-state index contributed by atoms with van der Waals surface area (Å²) in [5.41, 5.74) is 2.91. The van der Waals surface area contributed by atoms with E-state index in [1.807, 2.05) is 95.9 Å². The number of benzene rings is 4. The fraction of sp³-hybridized carbons (Fsp3) is 0.258. The van der Waals surface area contributed by atoms with Crippen LogP contribution in [0.25, 0.3) is 10.8 Å². The minimum atomic E-state index is -0.121. The molecular formula is C31H31ClN2O3. The maximum Gasteiger partial charge on any atom is 0.254 e. The van der Waals surface area contributed by atoms with Crippen molar-refractivity contribution in [2.75, 3.05) is 39.8 Å². The Labute approximate surface area is 223 Å². The van der Waals surface area contributed by atoms with E-state index in [0.29, 0.717) is 24.7 Å². The Morgan fingerprint density at radius 2 is 1.62 bits per heavy atom. The summed E-state index contributed by atoms with van der Waals surface area (Å²) in [6.07, 6.45) is -0.121. The second-order valence-corrected chi connectivity index (χ2v) is 9.76. The smallest absolute Gasteiger partial charge is 0.254 e. The fourth-order valence-corrected chi connectivity index (χ4v) is 4.97. The van der Waals surface area contributed by atoms with Crippen molar-refractivity contribution >= 4 is 28.3 Å². The summed E-state index contributed by atoms with van der Waals surface area (Å²) in [5, 5.41) is 2.80. The quantitative estimate of drug-likeness (QED) is 0.280. The van der Waals surface area contributed by atoms with Crippen LogP contribution in [-0.4, -0.2) is 55.5 Å². The number of piperazine rings is 1. The normalized spacial score (nSPS) is 15.0. The van der Waals surface area contributed by atoms with Crippen LogP contribution in [0.3, 0.4) is 0 Å². The highest BCUT2D eigenvalue weighted by Gasteiger charge is 2.25. The minimum Gasteiger partial charge on any atom is -0.497 e. The number of carbonyl (C=O) groups is 1. The Morgan fingerprint density at radius 1 is 0.892 bits per heavy atom. The van der Waals surface area contributed by atoms with Crippen molar-refractivity contribution < 1.29 is 14.3 Å². The molecule has 190 valence electrons. The molecule has 1 atom stereocenters. The van der Waals surface area contributed by atoms with E-state index in [1.54, 1.807) is 7.11 Å². The van der Waals surface area contributed by atoms with Gasteiger partial charge in [-0.1, -0.05) is 72.3 Å². The largest absolute Gasteiger partial charge is 0.497 e. The molecule has 1 unspecified atom stereocenters. The maximum absolute atomic E-state index is 13.4. The predicted molar refractivity (Wildman–Crippen MR) is 148 cm³/mol. The number of amides is 1. The highest BCUT2D eigenvalue weighted by atomic mass is 35.5. The molecule has 1 amide bonds. The number of nitrogens with zero attached hydrogens (tertiary/aromatic N) is 2. The molecule has 37 heavy (non-hydrogen) atoms. The van der Waals surface area contributed by atoms with E-state index in [-0.39, 0.29) is 12.0 Å². The number of carbonyl (C=O) groups excluding carboxylic acids is 1. The zero-order valence-corrected chi connectivity index (χ0v) is 21.7. The van der Waals surface area contributed by atoms with Crippen LogP contribution in [0.15, 0.2) is 91.0 Å². The van der Waals surface area contributed by atoms with E-state index < -0.39 is 0 Å². The predicted octanol–water partition coefficient (Wildman–Crippen LogP) is 6.22. The second-order valence-electron chi connectivity index (χ2n) is 9.32. The third kappa shape index (κ3) is 6.13. The number of hydrogen-bond acceptors (Lipinski definition) is 4. The van der Waals surface area contributed by atoms with Crippen LogP contribution < -0.4 is 4.74 Å². The van der Waals surface area contributed by atoms with Gasteiger partial charge in [0.25, 0.3) is 5.91 Å². The number of methoxy groups -OCH3 is 1. The van der Waals surface area contributed by atoms with Crippen LogP contribution >= 0.6 is 11.6 Å². The van der Waals surface area contributed by atoms with Gasteiger partial charge in [-0.15, -0.1) is 0 Å². The van der Waals surface area contributed by atoms with Gasteiger partial charge in [-0.25, -0.2) is 0 Å². The molecule has 6 heteroatoms. The summed E-state index contributed by atoms with van der Waals surface area (Å²) in [6, 6.07) is 29.8. The molecule has 1 heterocycles. The highest BCUT2D eigenvalue weighted by Crippen LogP contribution is 2.25. The van der Waals surface area contributed by atoms with Crippen LogP contribution in [-0.2, 0) is 11.3 Å². The molecule has 4 aromatic rings. The first-order chi connectivity index (χ1) is 18.1. The van der Waals surface area contributed by atoms with E-state index in [1.165, 1.54) is 0 Å². The lowest BCUT2D eigenvalue weighted by atomic mass is 10.0. The lowest BCUT2D eigenvalue weighted by molar-refractivity contribution is 0.00340. The zero-order chi connectivity index (χ0) is 25.6. The molecule has 4 aromatic carbocycles. The molecule has 1 fully saturated rings. The molecule has 5 nitrogen and oxygen atoms in total. The first kappa shape index (κ1) is 25.3. The molecule has 1 aliphatic rings. The van der Waals surface area contributed by atoms with Crippen molar-refractivity contribution in [3.8, 4) is 5.75 Å². The van der Waals surface area contributed by atoms with E-state index in [0.717, 1.165) is 52.8 Å². The van der Waals surface area contributed by atoms with Crippen molar-refractivity contribution in [3.05, 3.63) is 113 Å². The van der Waals surface area contributed by atoms with Gasteiger partial charge in [-0.2, -0.15) is 0 Å². The number of halogens is 1. The lowest BCUT2D eigenvalue weighted by Gasteiger charge is -2.36. The number of ether oxygens (including phenoxy) is 2. The van der Waals surface area contributed by atoms with Gasteiger partial charge in [-0.05, 0) is 52.2 Å². The van der Waals surface area contributed by atoms with Crippen molar-refractivity contribution in [2.45, 2.75) is 12.7 Å². The van der Waals surface area contributed by atoms with Crippen LogP contribution in [0.4, 0.5) is 0 Å². The third-order valence-corrected chi connectivity index (χ3v) is 7.18. The Bertz CT molecular complexity index is 1340. The standard InChI is InChI=1S/C31H31ClN2O3/c1-36-27-9-4-6-23(20-27)22-37-30(25-12-14-26(32)15-13-25)21-33-16-18-34(19-17-33)31(35)29-11-5-8-24-7-2-3-10-28(24)29/h2-15,20,30H,16-19,21-22H2,1H3. The average molecular weight is 515 g/mol. The van der Waals surface area contributed by atoms with Crippen molar-refractivity contribution in [1.29, 1.82) is 0 Å². The van der Waals surface area contributed by atoms with Gasteiger partial charge in [0, 0.05) is 43.3 Å². The molecule has 1 aliphatic heterocycles. The van der Waals surface area contributed by atoms with Crippen LogP contribution in [0.1, 0.15) is 27.6 Å². The van der Waals surface area contributed by atoms with E-state index in [2.05, 4.69) is 4.90 Å². The fourth-order valence-electron chi connectivity index (χ4n) is 4.84. The van der Waals surface area contributed by atoms with Crippen LogP contribution in [0, 0.1) is 0 Å². The topological polar surface area (TPSA) is 42.0 Å². The first-order valence-corrected chi connectivity index (χ1v) is 13.0. The Balaban J connectivity index is 1.24. The molecule has 0 N–H and O–H groups in total. The van der Waals surface area contributed by atoms with Crippen molar-refractivity contribution in [1.82, 2.24) is 9.80 Å². The highest BCUT2D eigenvalue weighted by molar-refractivity contribution is 6.30. The molecule has 5 rings (SSSR count). The molecule has 0 saturated carbocycles. The molecule has 0 radical (unpaired) electrons.